The van der Waals surface area contributed by atoms with E-state index in [0.29, 0.717) is 11.9 Å². The molecule has 4 rings (SSSR count). The molecule has 1 fully saturated rings. The van der Waals surface area contributed by atoms with Crippen molar-refractivity contribution >= 4 is 16.9 Å². The lowest BCUT2D eigenvalue weighted by molar-refractivity contribution is 0.202. The predicted octanol–water partition coefficient (Wildman–Crippen LogP) is 2.26. The lowest BCUT2D eigenvalue weighted by atomic mass is 9.96. The van der Waals surface area contributed by atoms with Crippen molar-refractivity contribution in [1.29, 1.82) is 0 Å². The Labute approximate surface area is 135 Å². The SMILES string of the molecule is Cn1ccc2cc(CN3CCC(c4nc(N)n[nH]4)CC3)ccc21. The minimum Gasteiger partial charge on any atom is -0.367 e. The van der Waals surface area contributed by atoms with Crippen molar-refractivity contribution in [2.45, 2.75) is 25.3 Å². The number of nitrogens with two attached hydrogens (primary N) is 1. The summed E-state index contributed by atoms with van der Waals surface area (Å²) in [6.45, 7) is 3.17. The predicted molar refractivity (Wildman–Crippen MR) is 91.0 cm³/mol. The van der Waals surface area contributed by atoms with Gasteiger partial charge in [-0.3, -0.25) is 10.00 Å². The van der Waals surface area contributed by atoms with Gasteiger partial charge in [0.25, 0.3) is 0 Å². The molecule has 0 amide bonds. The Morgan fingerprint density at radius 3 is 2.83 bits per heavy atom. The number of aromatic amines is 1. The average molecular weight is 310 g/mol. The molecule has 1 saturated heterocycles. The molecule has 0 bridgehead atoms. The van der Waals surface area contributed by atoms with Crippen LogP contribution in [0.15, 0.2) is 30.5 Å². The Bertz CT molecular complexity index is 809. The fraction of sp³-hybridized carbons (Fsp3) is 0.412. The molecule has 0 atom stereocenters. The van der Waals surface area contributed by atoms with Crippen LogP contribution in [0.1, 0.15) is 30.1 Å². The van der Waals surface area contributed by atoms with Crippen LogP contribution in [0.25, 0.3) is 10.9 Å². The maximum atomic E-state index is 5.60. The van der Waals surface area contributed by atoms with E-state index in [1.807, 2.05) is 0 Å². The number of aryl methyl sites for hydroxylation is 1. The number of hydrogen-bond acceptors (Lipinski definition) is 4. The van der Waals surface area contributed by atoms with Gasteiger partial charge in [0.15, 0.2) is 0 Å². The molecular formula is C17H22N6. The van der Waals surface area contributed by atoms with Gasteiger partial charge in [0.1, 0.15) is 5.82 Å². The normalized spacial score (nSPS) is 17.1. The maximum Gasteiger partial charge on any atom is 0.239 e. The molecule has 1 aliphatic heterocycles. The highest BCUT2D eigenvalue weighted by molar-refractivity contribution is 5.80. The fourth-order valence-electron chi connectivity index (χ4n) is 3.52. The minimum atomic E-state index is 0.346. The highest BCUT2D eigenvalue weighted by atomic mass is 15.3. The van der Waals surface area contributed by atoms with Gasteiger partial charge in [-0.2, -0.15) is 4.98 Å². The third-order valence-corrected chi connectivity index (χ3v) is 4.85. The second-order valence-corrected chi connectivity index (χ2v) is 6.45. The molecular weight excluding hydrogens is 288 g/mol. The summed E-state index contributed by atoms with van der Waals surface area (Å²) in [5.41, 5.74) is 8.26. The van der Waals surface area contributed by atoms with Gasteiger partial charge >= 0.3 is 0 Å². The summed E-state index contributed by atoms with van der Waals surface area (Å²) >= 11 is 0. The Morgan fingerprint density at radius 2 is 2.09 bits per heavy atom. The van der Waals surface area contributed by atoms with Crippen molar-refractivity contribution in [2.75, 3.05) is 18.8 Å². The van der Waals surface area contributed by atoms with E-state index in [9.17, 15) is 0 Å². The van der Waals surface area contributed by atoms with Crippen LogP contribution < -0.4 is 5.73 Å². The van der Waals surface area contributed by atoms with Gasteiger partial charge in [0.2, 0.25) is 5.95 Å². The maximum absolute atomic E-state index is 5.60. The molecule has 0 radical (unpaired) electrons. The van der Waals surface area contributed by atoms with Crippen LogP contribution in [0, 0.1) is 0 Å². The standard InChI is InChI=1S/C17H22N6/c1-22-7-4-14-10-12(2-3-15(14)22)11-23-8-5-13(6-9-23)16-19-17(18)21-20-16/h2-4,7,10,13H,5-6,8-9,11H2,1H3,(H3,18,19,20,21). The van der Waals surface area contributed by atoms with Gasteiger partial charge in [-0.05, 0) is 55.1 Å². The topological polar surface area (TPSA) is 75.8 Å². The van der Waals surface area contributed by atoms with Gasteiger partial charge in [0, 0.05) is 31.2 Å². The Hall–Kier alpha value is -2.34. The quantitative estimate of drug-likeness (QED) is 0.778. The highest BCUT2D eigenvalue weighted by Gasteiger charge is 2.23. The summed E-state index contributed by atoms with van der Waals surface area (Å²) in [6, 6.07) is 8.94. The van der Waals surface area contributed by atoms with E-state index in [4.69, 9.17) is 5.73 Å². The molecule has 0 unspecified atom stereocenters. The smallest absolute Gasteiger partial charge is 0.239 e. The summed E-state index contributed by atoms with van der Waals surface area (Å²) in [4.78, 5) is 6.78. The molecule has 1 aromatic carbocycles. The minimum absolute atomic E-state index is 0.346. The van der Waals surface area contributed by atoms with Gasteiger partial charge in [-0.25, -0.2) is 0 Å². The number of benzene rings is 1. The van der Waals surface area contributed by atoms with E-state index >= 15 is 0 Å². The molecule has 6 heteroatoms. The molecule has 2 aromatic heterocycles. The number of nitrogen functional groups attached to an aromatic ring is 1. The number of rotatable bonds is 3. The number of aromatic nitrogens is 4. The lowest BCUT2D eigenvalue weighted by Gasteiger charge is -2.30. The van der Waals surface area contributed by atoms with E-state index in [2.05, 4.69) is 62.2 Å². The van der Waals surface area contributed by atoms with Crippen LogP contribution in [0.2, 0.25) is 0 Å². The van der Waals surface area contributed by atoms with Gasteiger partial charge in [0.05, 0.1) is 0 Å². The number of nitrogens with zero attached hydrogens (tertiary/aromatic N) is 4. The molecule has 6 nitrogen and oxygen atoms in total. The number of anilines is 1. The van der Waals surface area contributed by atoms with Crippen LogP contribution >= 0.6 is 0 Å². The van der Waals surface area contributed by atoms with E-state index in [-0.39, 0.29) is 0 Å². The highest BCUT2D eigenvalue weighted by Crippen LogP contribution is 2.27. The summed E-state index contributed by atoms with van der Waals surface area (Å²) in [5.74, 6) is 1.74. The molecule has 0 spiro atoms. The Morgan fingerprint density at radius 1 is 1.26 bits per heavy atom. The first-order chi connectivity index (χ1) is 11.2. The van der Waals surface area contributed by atoms with Crippen LogP contribution in [0.5, 0.6) is 0 Å². The van der Waals surface area contributed by atoms with Gasteiger partial charge in [-0.15, -0.1) is 5.10 Å². The van der Waals surface area contributed by atoms with Crippen LogP contribution in [0.4, 0.5) is 5.95 Å². The van der Waals surface area contributed by atoms with Gasteiger partial charge < -0.3 is 10.3 Å². The summed E-state index contributed by atoms with van der Waals surface area (Å²) in [7, 11) is 2.09. The second-order valence-electron chi connectivity index (χ2n) is 6.45. The zero-order valence-electron chi connectivity index (χ0n) is 13.4. The van der Waals surface area contributed by atoms with Crippen LogP contribution in [-0.2, 0) is 13.6 Å². The third kappa shape index (κ3) is 2.82. The summed E-state index contributed by atoms with van der Waals surface area (Å²) in [6.07, 6.45) is 4.31. The zero-order valence-corrected chi connectivity index (χ0v) is 13.4. The monoisotopic (exact) mass is 310 g/mol. The van der Waals surface area contributed by atoms with Crippen molar-refractivity contribution < 1.29 is 0 Å². The largest absolute Gasteiger partial charge is 0.367 e. The van der Waals surface area contributed by atoms with Crippen molar-refractivity contribution in [3.05, 3.63) is 41.9 Å². The Kier molecular flexibility index (Phi) is 3.53. The summed E-state index contributed by atoms with van der Waals surface area (Å²) in [5, 5.41) is 8.21. The lowest BCUT2D eigenvalue weighted by Crippen LogP contribution is -2.32. The molecule has 120 valence electrons. The van der Waals surface area contributed by atoms with Crippen molar-refractivity contribution in [3.63, 3.8) is 0 Å². The van der Waals surface area contributed by atoms with E-state index in [1.54, 1.807) is 0 Å². The van der Waals surface area contributed by atoms with Crippen LogP contribution in [0.3, 0.4) is 0 Å². The number of likely N-dealkylation sites (tertiary alicyclic amines) is 1. The summed E-state index contributed by atoms with van der Waals surface area (Å²) < 4.78 is 2.16. The van der Waals surface area contributed by atoms with Crippen molar-refractivity contribution in [1.82, 2.24) is 24.6 Å². The first kappa shape index (κ1) is 14.3. The van der Waals surface area contributed by atoms with E-state index in [1.165, 1.54) is 16.5 Å². The molecule has 3 aromatic rings. The molecule has 3 N–H and O–H groups in total. The van der Waals surface area contributed by atoms with Crippen molar-refractivity contribution in [2.24, 2.45) is 7.05 Å². The van der Waals surface area contributed by atoms with Gasteiger partial charge in [-0.1, -0.05) is 6.07 Å². The second kappa shape index (κ2) is 5.70. The molecule has 3 heterocycles. The number of hydrogen-bond donors (Lipinski definition) is 2. The molecule has 1 aliphatic rings. The van der Waals surface area contributed by atoms with E-state index in [0.717, 1.165) is 38.3 Å². The average Bonchev–Trinajstić information content (AvgIpc) is 3.15. The fourth-order valence-corrected chi connectivity index (χ4v) is 3.52. The first-order valence-electron chi connectivity index (χ1n) is 8.13. The molecule has 0 saturated carbocycles. The number of H-pyrrole nitrogens is 1. The first-order valence-corrected chi connectivity index (χ1v) is 8.13. The Balaban J connectivity index is 1.40. The molecule has 0 aliphatic carbocycles. The van der Waals surface area contributed by atoms with E-state index < -0.39 is 0 Å². The zero-order chi connectivity index (χ0) is 15.8. The molecule has 23 heavy (non-hydrogen) atoms. The third-order valence-electron chi connectivity index (χ3n) is 4.85. The number of piperidine rings is 1. The number of fused-ring (bicyclic) bond motifs is 1. The number of nitrogens with one attached hydrogen (secondary N) is 1. The van der Waals surface area contributed by atoms with Crippen molar-refractivity contribution in [3.8, 4) is 0 Å². The van der Waals surface area contributed by atoms with Crippen LogP contribution in [-0.4, -0.2) is 37.7 Å².